The van der Waals surface area contributed by atoms with E-state index in [0.29, 0.717) is 43.6 Å². The van der Waals surface area contributed by atoms with Gasteiger partial charge in [-0.15, -0.1) is 0 Å². The number of allylic oxidation sites excluding steroid dienone is 3. The van der Waals surface area contributed by atoms with Crippen molar-refractivity contribution in [2.24, 2.45) is 23.2 Å². The van der Waals surface area contributed by atoms with Crippen molar-refractivity contribution in [1.82, 2.24) is 4.90 Å². The van der Waals surface area contributed by atoms with E-state index < -0.39 is 17.8 Å². The van der Waals surface area contributed by atoms with Crippen LogP contribution < -0.4 is 0 Å². The van der Waals surface area contributed by atoms with Gasteiger partial charge >= 0.3 is 0 Å². The van der Waals surface area contributed by atoms with Gasteiger partial charge in [0.2, 0.25) is 0 Å². The highest BCUT2D eigenvalue weighted by atomic mass is 16.3. The molecule has 0 spiro atoms. The van der Waals surface area contributed by atoms with Crippen LogP contribution >= 0.6 is 0 Å². The summed E-state index contributed by atoms with van der Waals surface area (Å²) in [6.45, 7) is 11.4. The maximum absolute atomic E-state index is 13.2. The Balaban J connectivity index is 1.26. The van der Waals surface area contributed by atoms with E-state index in [1.165, 1.54) is 36.8 Å². The van der Waals surface area contributed by atoms with Crippen LogP contribution in [0.2, 0.25) is 0 Å². The summed E-state index contributed by atoms with van der Waals surface area (Å²) < 4.78 is 0. The Hall–Kier alpha value is -2.21. The summed E-state index contributed by atoms with van der Waals surface area (Å²) in [4.78, 5) is 15.2. The van der Waals surface area contributed by atoms with Crippen LogP contribution in [0.5, 0.6) is 0 Å². The number of rotatable bonds is 8. The van der Waals surface area contributed by atoms with Crippen molar-refractivity contribution in [1.29, 1.82) is 0 Å². The quantitative estimate of drug-likeness (QED) is 0.356. The van der Waals surface area contributed by atoms with E-state index in [9.17, 15) is 20.1 Å². The smallest absolute Gasteiger partial charge is 0.254 e. The summed E-state index contributed by atoms with van der Waals surface area (Å²) in [6, 6.07) is 10.5. The fraction of sp³-hybridized carbons (Fsp3) is 0.639. The van der Waals surface area contributed by atoms with E-state index >= 15 is 0 Å². The van der Waals surface area contributed by atoms with E-state index in [-0.39, 0.29) is 17.4 Å². The number of likely N-dealkylation sites (tertiary alicyclic amines) is 1. The topological polar surface area (TPSA) is 81.0 Å². The van der Waals surface area contributed by atoms with Crippen LogP contribution in [0.4, 0.5) is 0 Å². The molecule has 5 rings (SSSR count). The number of nitrogens with zero attached hydrogens (tertiary/aromatic N) is 1. The van der Waals surface area contributed by atoms with Crippen molar-refractivity contribution in [3.05, 3.63) is 71.3 Å². The Morgan fingerprint density at radius 3 is 2.66 bits per heavy atom. The van der Waals surface area contributed by atoms with Gasteiger partial charge in [-0.25, -0.2) is 0 Å². The van der Waals surface area contributed by atoms with Crippen LogP contribution in [0.25, 0.3) is 0 Å². The Morgan fingerprint density at radius 2 is 1.90 bits per heavy atom. The first-order valence-electron chi connectivity index (χ1n) is 16.0. The normalized spacial score (nSPS) is 38.6. The number of hydrogen-bond acceptors (Lipinski definition) is 4. The van der Waals surface area contributed by atoms with Crippen LogP contribution in [-0.4, -0.2) is 56.5 Å². The standard InChI is InChI=1S/C36H51NO4/c1-24(20-29-23-36(4,41)34(40)37(29)19-9-12-26-10-6-5-7-11-26)31-16-17-32-27(13-8-18-35(31,32)3)14-15-28-21-30(38)22-33(39)25(28)2/h5-7,10-11,14-15,24,29-33,38-39,41H,2,8-9,12-13,16-23H2,1,3-4H3/b27-14+,28-15-/t24-,29-,30-,31-,32+,33+,35-,36-/m1/s1. The van der Waals surface area contributed by atoms with Crippen molar-refractivity contribution in [2.75, 3.05) is 6.54 Å². The van der Waals surface area contributed by atoms with Gasteiger partial charge < -0.3 is 20.2 Å². The highest BCUT2D eigenvalue weighted by Crippen LogP contribution is 2.60. The van der Waals surface area contributed by atoms with E-state index in [1.54, 1.807) is 6.92 Å². The molecule has 1 aromatic carbocycles. The Kier molecular flexibility index (Phi) is 8.99. The van der Waals surface area contributed by atoms with Crippen LogP contribution in [0.3, 0.4) is 0 Å². The number of aliphatic hydroxyl groups is 3. The maximum atomic E-state index is 13.2. The summed E-state index contributed by atoms with van der Waals surface area (Å²) in [5.41, 5.74) is 3.48. The van der Waals surface area contributed by atoms with E-state index in [2.05, 4.69) is 56.8 Å². The number of aryl methyl sites for hydroxylation is 1. The molecule has 1 saturated heterocycles. The Labute approximate surface area is 247 Å². The third-order valence-corrected chi connectivity index (χ3v) is 11.1. The summed E-state index contributed by atoms with van der Waals surface area (Å²) in [5, 5.41) is 31.4. The Bertz CT molecular complexity index is 1170. The molecular formula is C36H51NO4. The SMILES string of the molecule is C=C1/C(=C\C=C2/CCC[C@]3(C)[C@@H]([C@H](C)C[C@@H]4C[C@@](C)(O)C(=O)N4CCCc4ccccc4)CC[C@@H]23)C[C@@H](O)C[C@@H]1O. The van der Waals surface area contributed by atoms with Gasteiger partial charge in [-0.2, -0.15) is 0 Å². The lowest BCUT2D eigenvalue weighted by atomic mass is 9.60. The van der Waals surface area contributed by atoms with Gasteiger partial charge in [0.1, 0.15) is 5.60 Å². The number of carbonyl (C=O) groups is 1. The summed E-state index contributed by atoms with van der Waals surface area (Å²) in [6.07, 6.45) is 13.4. The van der Waals surface area contributed by atoms with Crippen molar-refractivity contribution in [3.63, 3.8) is 0 Å². The third-order valence-electron chi connectivity index (χ3n) is 11.1. The summed E-state index contributed by atoms with van der Waals surface area (Å²) >= 11 is 0. The molecule has 224 valence electrons. The first-order valence-corrected chi connectivity index (χ1v) is 16.0. The molecule has 3 saturated carbocycles. The lowest BCUT2D eigenvalue weighted by Gasteiger charge is -2.45. The second-order valence-corrected chi connectivity index (χ2v) is 14.1. The molecular weight excluding hydrogens is 510 g/mol. The molecule has 1 aliphatic heterocycles. The summed E-state index contributed by atoms with van der Waals surface area (Å²) in [7, 11) is 0. The molecule has 0 aromatic heterocycles. The molecule has 1 heterocycles. The molecule has 3 aliphatic carbocycles. The number of amides is 1. The van der Waals surface area contributed by atoms with Crippen molar-refractivity contribution in [3.8, 4) is 0 Å². The molecule has 5 nitrogen and oxygen atoms in total. The van der Waals surface area contributed by atoms with E-state index in [0.717, 1.165) is 36.8 Å². The largest absolute Gasteiger partial charge is 0.393 e. The van der Waals surface area contributed by atoms with E-state index in [1.807, 2.05) is 11.0 Å². The average molecular weight is 562 g/mol. The van der Waals surface area contributed by atoms with Crippen molar-refractivity contribution >= 4 is 5.91 Å². The lowest BCUT2D eigenvalue weighted by Crippen LogP contribution is -2.41. The molecule has 0 unspecified atom stereocenters. The van der Waals surface area contributed by atoms with Crippen LogP contribution in [-0.2, 0) is 11.2 Å². The first kappa shape index (κ1) is 30.3. The molecule has 4 fully saturated rings. The molecule has 5 heteroatoms. The predicted octanol–water partition coefficient (Wildman–Crippen LogP) is 6.14. The van der Waals surface area contributed by atoms with Gasteiger partial charge in [-0.3, -0.25) is 4.79 Å². The molecule has 1 aromatic rings. The number of aliphatic hydroxyl groups excluding tert-OH is 2. The van der Waals surface area contributed by atoms with Crippen molar-refractivity contribution in [2.45, 2.75) is 115 Å². The molecule has 0 radical (unpaired) electrons. The van der Waals surface area contributed by atoms with E-state index in [4.69, 9.17) is 0 Å². The molecule has 4 aliphatic rings. The zero-order valence-corrected chi connectivity index (χ0v) is 25.4. The second-order valence-electron chi connectivity index (χ2n) is 14.1. The minimum absolute atomic E-state index is 0.0874. The zero-order valence-electron chi connectivity index (χ0n) is 25.4. The van der Waals surface area contributed by atoms with Gasteiger partial charge in [-0.1, -0.05) is 68.5 Å². The molecule has 1 amide bonds. The van der Waals surface area contributed by atoms with Crippen LogP contribution in [0, 0.1) is 23.2 Å². The van der Waals surface area contributed by atoms with Gasteiger partial charge in [-0.05, 0) is 105 Å². The molecule has 0 bridgehead atoms. The average Bonchev–Trinajstić information content (AvgIpc) is 3.39. The van der Waals surface area contributed by atoms with Gasteiger partial charge in [0.25, 0.3) is 5.91 Å². The number of fused-ring (bicyclic) bond motifs is 1. The first-order chi connectivity index (χ1) is 19.5. The molecule has 8 atom stereocenters. The number of carbonyl (C=O) groups excluding carboxylic acids is 1. The fourth-order valence-electron chi connectivity index (χ4n) is 9.00. The summed E-state index contributed by atoms with van der Waals surface area (Å²) in [5.74, 6) is 1.50. The Morgan fingerprint density at radius 1 is 1.15 bits per heavy atom. The van der Waals surface area contributed by atoms with Gasteiger partial charge in [0, 0.05) is 25.4 Å². The third kappa shape index (κ3) is 6.28. The number of hydrogen-bond donors (Lipinski definition) is 3. The fourth-order valence-corrected chi connectivity index (χ4v) is 9.00. The minimum Gasteiger partial charge on any atom is -0.393 e. The maximum Gasteiger partial charge on any atom is 0.254 e. The van der Waals surface area contributed by atoms with Crippen LogP contribution in [0.1, 0.15) is 90.5 Å². The molecule has 41 heavy (non-hydrogen) atoms. The van der Waals surface area contributed by atoms with Crippen LogP contribution in [0.15, 0.2) is 65.8 Å². The molecule has 3 N–H and O–H groups in total. The van der Waals surface area contributed by atoms with Gasteiger partial charge in [0.05, 0.1) is 12.2 Å². The predicted molar refractivity (Wildman–Crippen MR) is 164 cm³/mol. The minimum atomic E-state index is -1.27. The van der Waals surface area contributed by atoms with Crippen molar-refractivity contribution < 1.29 is 20.1 Å². The highest BCUT2D eigenvalue weighted by molar-refractivity contribution is 5.87. The monoisotopic (exact) mass is 561 g/mol. The van der Waals surface area contributed by atoms with Gasteiger partial charge in [0.15, 0.2) is 0 Å². The second kappa shape index (κ2) is 12.2. The number of benzene rings is 1. The lowest BCUT2D eigenvalue weighted by molar-refractivity contribution is -0.142. The highest BCUT2D eigenvalue weighted by Gasteiger charge is 2.53. The zero-order chi connectivity index (χ0) is 29.4.